The lowest BCUT2D eigenvalue weighted by Crippen LogP contribution is -2.17. The Balaban J connectivity index is 2.28. The Labute approximate surface area is 124 Å². The molecule has 2 heterocycles. The molecule has 2 bridgehead atoms. The van der Waals surface area contributed by atoms with Gasteiger partial charge in [-0.05, 0) is 38.5 Å². The molecule has 1 aliphatic carbocycles. The van der Waals surface area contributed by atoms with E-state index in [-0.39, 0.29) is 11.3 Å². The van der Waals surface area contributed by atoms with Crippen molar-refractivity contribution >= 4 is 5.78 Å². The number of ketones is 1. The van der Waals surface area contributed by atoms with Crippen LogP contribution in [0.3, 0.4) is 0 Å². The number of carbonyl (C=O) groups excluding carboxylic acids is 1. The molecule has 0 N–H and O–H groups in total. The minimum atomic E-state index is -0.567. The van der Waals surface area contributed by atoms with Crippen LogP contribution in [0.4, 0.5) is 0 Å². The van der Waals surface area contributed by atoms with E-state index in [0.29, 0.717) is 24.4 Å². The van der Waals surface area contributed by atoms with Gasteiger partial charge in [0.1, 0.15) is 17.1 Å². The van der Waals surface area contributed by atoms with Crippen LogP contribution in [0, 0.1) is 0 Å². The lowest BCUT2D eigenvalue weighted by molar-refractivity contribution is 0.0971. The van der Waals surface area contributed by atoms with Gasteiger partial charge in [-0.15, -0.1) is 0 Å². The molecule has 21 heavy (non-hydrogen) atoms. The van der Waals surface area contributed by atoms with Crippen LogP contribution < -0.4 is 10.4 Å². The first kappa shape index (κ1) is 15.5. The van der Waals surface area contributed by atoms with Crippen molar-refractivity contribution in [1.29, 1.82) is 0 Å². The van der Waals surface area contributed by atoms with Crippen molar-refractivity contribution in [2.24, 2.45) is 0 Å². The van der Waals surface area contributed by atoms with Crippen LogP contribution >= 0.6 is 0 Å². The monoisotopic (exact) mass is 290 g/mol. The molecule has 0 saturated heterocycles. The summed E-state index contributed by atoms with van der Waals surface area (Å²) in [7, 11) is 1.48. The summed E-state index contributed by atoms with van der Waals surface area (Å²) in [6.45, 7) is 0. The van der Waals surface area contributed by atoms with Crippen molar-refractivity contribution in [3.05, 3.63) is 40.0 Å². The fourth-order valence-electron chi connectivity index (χ4n) is 2.52. The fourth-order valence-corrected chi connectivity index (χ4v) is 2.52. The van der Waals surface area contributed by atoms with E-state index < -0.39 is 5.63 Å². The molecule has 0 aromatic carbocycles. The van der Waals surface area contributed by atoms with Crippen molar-refractivity contribution < 1.29 is 13.9 Å². The molecule has 0 spiro atoms. The van der Waals surface area contributed by atoms with Gasteiger partial charge in [0.2, 0.25) is 0 Å². The molecule has 0 saturated carbocycles. The summed E-state index contributed by atoms with van der Waals surface area (Å²) >= 11 is 0. The van der Waals surface area contributed by atoms with Crippen molar-refractivity contribution in [2.45, 2.75) is 51.4 Å². The zero-order valence-corrected chi connectivity index (χ0v) is 12.5. The van der Waals surface area contributed by atoms with E-state index >= 15 is 0 Å². The van der Waals surface area contributed by atoms with Gasteiger partial charge in [-0.2, -0.15) is 0 Å². The fraction of sp³-hybridized carbons (Fsp3) is 0.529. The van der Waals surface area contributed by atoms with Gasteiger partial charge >= 0.3 is 5.63 Å². The topological polar surface area (TPSA) is 56.5 Å². The van der Waals surface area contributed by atoms with Gasteiger partial charge in [0.05, 0.1) is 7.11 Å². The van der Waals surface area contributed by atoms with E-state index in [1.54, 1.807) is 6.07 Å². The average molecular weight is 290 g/mol. The maximum Gasteiger partial charge on any atom is 0.350 e. The van der Waals surface area contributed by atoms with E-state index in [0.717, 1.165) is 38.5 Å². The van der Waals surface area contributed by atoms with Gasteiger partial charge in [-0.25, -0.2) is 4.79 Å². The van der Waals surface area contributed by atoms with Gasteiger partial charge in [0.15, 0.2) is 5.78 Å². The maximum absolute atomic E-state index is 12.2. The van der Waals surface area contributed by atoms with Crippen LogP contribution in [0.25, 0.3) is 0 Å². The first-order valence-electron chi connectivity index (χ1n) is 7.61. The van der Waals surface area contributed by atoms with Crippen LogP contribution in [0.15, 0.2) is 27.4 Å². The SMILES string of the molecule is COc1cc2oc(=O)c1C(=O)CCCC/C=C\CCCC2. The molecule has 4 heteroatoms. The number of ether oxygens (including phenoxy) is 1. The number of Topliss-reactive ketones (excluding diaryl/α,β-unsaturated/α-hetero) is 1. The number of fused-ring (bicyclic) bond motifs is 11. The highest BCUT2D eigenvalue weighted by Gasteiger charge is 2.19. The standard InChI is InChI=1S/C17H22O4/c1-20-15-12-13-10-8-6-4-2-3-5-7-9-11-14(18)16(15)17(19)21-13/h2-3,12H,4-11H2,1H3/b3-2-. The second kappa shape index (κ2) is 7.81. The van der Waals surface area contributed by atoms with Gasteiger partial charge in [-0.1, -0.05) is 12.2 Å². The van der Waals surface area contributed by atoms with E-state index in [2.05, 4.69) is 12.2 Å². The average Bonchev–Trinajstić information content (AvgIpc) is 2.48. The summed E-state index contributed by atoms with van der Waals surface area (Å²) in [5.74, 6) is 0.748. The zero-order valence-electron chi connectivity index (χ0n) is 12.5. The molecule has 1 aromatic rings. The number of hydrogen-bond acceptors (Lipinski definition) is 4. The molecular weight excluding hydrogens is 268 g/mol. The number of allylic oxidation sites excluding steroid dienone is 2. The normalized spacial score (nSPS) is 18.8. The molecule has 0 atom stereocenters. The smallest absolute Gasteiger partial charge is 0.350 e. The quantitative estimate of drug-likeness (QED) is 0.740. The molecule has 1 aromatic heterocycles. The minimum absolute atomic E-state index is 0.0617. The van der Waals surface area contributed by atoms with E-state index in [4.69, 9.17) is 9.15 Å². The Bertz CT molecular complexity index is 569. The second-order valence-electron chi connectivity index (χ2n) is 5.33. The second-order valence-corrected chi connectivity index (χ2v) is 5.33. The molecule has 4 nitrogen and oxygen atoms in total. The summed E-state index contributed by atoms with van der Waals surface area (Å²) < 4.78 is 10.5. The number of hydrogen-bond donors (Lipinski definition) is 0. The largest absolute Gasteiger partial charge is 0.496 e. The molecule has 0 fully saturated rings. The molecule has 0 unspecified atom stereocenters. The number of methoxy groups -OCH3 is 1. The third-order valence-electron chi connectivity index (χ3n) is 3.70. The van der Waals surface area contributed by atoms with Crippen LogP contribution in [-0.4, -0.2) is 12.9 Å². The number of rotatable bonds is 1. The van der Waals surface area contributed by atoms with Crippen LogP contribution in [0.2, 0.25) is 0 Å². The van der Waals surface area contributed by atoms with Crippen LogP contribution in [0.1, 0.15) is 61.1 Å². The first-order valence-corrected chi connectivity index (χ1v) is 7.61. The van der Waals surface area contributed by atoms with Crippen molar-refractivity contribution in [2.75, 3.05) is 7.11 Å². The molecule has 1 aliphatic heterocycles. The Morgan fingerprint density at radius 1 is 1.00 bits per heavy atom. The maximum atomic E-state index is 12.2. The van der Waals surface area contributed by atoms with Gasteiger partial charge < -0.3 is 9.15 Å². The van der Waals surface area contributed by atoms with Crippen LogP contribution in [0.5, 0.6) is 5.75 Å². The van der Waals surface area contributed by atoms with E-state index in [1.165, 1.54) is 7.11 Å². The Hall–Kier alpha value is -1.84. The lowest BCUT2D eigenvalue weighted by atomic mass is 10.0. The predicted molar refractivity (Wildman–Crippen MR) is 81.0 cm³/mol. The third-order valence-corrected chi connectivity index (χ3v) is 3.70. The lowest BCUT2D eigenvalue weighted by Gasteiger charge is -2.08. The highest BCUT2D eigenvalue weighted by molar-refractivity contribution is 5.98. The molecule has 2 aliphatic rings. The summed E-state index contributed by atoms with van der Waals surface area (Å²) in [6.07, 6.45) is 11.2. The third kappa shape index (κ3) is 4.31. The Kier molecular flexibility index (Phi) is 5.78. The zero-order chi connectivity index (χ0) is 15.1. The van der Waals surface area contributed by atoms with Gasteiger partial charge in [0.25, 0.3) is 0 Å². The number of aryl methyl sites for hydroxylation is 1. The minimum Gasteiger partial charge on any atom is -0.496 e. The van der Waals surface area contributed by atoms with E-state index in [9.17, 15) is 9.59 Å². The van der Waals surface area contributed by atoms with Crippen molar-refractivity contribution in [1.82, 2.24) is 0 Å². The van der Waals surface area contributed by atoms with Crippen molar-refractivity contribution in [3.8, 4) is 5.75 Å². The Morgan fingerprint density at radius 3 is 2.33 bits per heavy atom. The van der Waals surface area contributed by atoms with Gasteiger partial charge in [-0.3, -0.25) is 4.79 Å². The van der Waals surface area contributed by atoms with E-state index in [1.807, 2.05) is 0 Å². The number of carbonyl (C=O) groups is 1. The summed E-state index contributed by atoms with van der Waals surface area (Å²) in [4.78, 5) is 24.3. The summed E-state index contributed by atoms with van der Waals surface area (Å²) in [6, 6.07) is 1.68. The summed E-state index contributed by atoms with van der Waals surface area (Å²) in [5, 5.41) is 0. The van der Waals surface area contributed by atoms with Gasteiger partial charge in [0, 0.05) is 18.9 Å². The Morgan fingerprint density at radius 2 is 1.67 bits per heavy atom. The van der Waals surface area contributed by atoms with Crippen LogP contribution in [-0.2, 0) is 6.42 Å². The molecule has 0 amide bonds. The first-order chi connectivity index (χ1) is 10.2. The van der Waals surface area contributed by atoms with Crippen molar-refractivity contribution in [3.63, 3.8) is 0 Å². The predicted octanol–water partition coefficient (Wildman–Crippen LogP) is 3.67. The highest BCUT2D eigenvalue weighted by atomic mass is 16.5. The molecule has 0 radical (unpaired) electrons. The molecular formula is C17H22O4. The molecule has 3 rings (SSSR count). The highest BCUT2D eigenvalue weighted by Crippen LogP contribution is 2.21. The summed E-state index contributed by atoms with van der Waals surface area (Å²) in [5.41, 5.74) is -0.506. The molecule has 114 valence electrons.